The fourth-order valence-electron chi connectivity index (χ4n) is 4.17. The molecule has 0 bridgehead atoms. The summed E-state index contributed by atoms with van der Waals surface area (Å²) in [4.78, 5) is 13.1. The molecule has 7 nitrogen and oxygen atoms in total. The molecule has 4 rings (SSSR count). The first-order chi connectivity index (χ1) is 15.0. The van der Waals surface area contributed by atoms with Crippen molar-refractivity contribution in [1.29, 1.82) is 0 Å². The van der Waals surface area contributed by atoms with E-state index in [2.05, 4.69) is 5.32 Å². The van der Waals surface area contributed by atoms with Crippen LogP contribution in [0, 0.1) is 0 Å². The minimum Gasteiger partial charge on any atom is -0.495 e. The van der Waals surface area contributed by atoms with Crippen molar-refractivity contribution >= 4 is 15.9 Å². The van der Waals surface area contributed by atoms with Gasteiger partial charge in [0.15, 0.2) is 0 Å². The van der Waals surface area contributed by atoms with Gasteiger partial charge in [0, 0.05) is 30.6 Å². The number of hydrogen-bond donors (Lipinski definition) is 1. The zero-order valence-corrected chi connectivity index (χ0v) is 18.5. The maximum atomic E-state index is 13.3. The molecular formula is C23H28N2O5S. The zero-order valence-electron chi connectivity index (χ0n) is 17.7. The summed E-state index contributed by atoms with van der Waals surface area (Å²) in [5.41, 5.74) is 1.21. The van der Waals surface area contributed by atoms with Crippen molar-refractivity contribution < 1.29 is 22.7 Å². The average molecular weight is 445 g/mol. The first-order valence-electron chi connectivity index (χ1n) is 10.7. The van der Waals surface area contributed by atoms with Crippen LogP contribution in [0.3, 0.4) is 0 Å². The van der Waals surface area contributed by atoms with E-state index >= 15 is 0 Å². The van der Waals surface area contributed by atoms with Crippen molar-refractivity contribution in [3.63, 3.8) is 0 Å². The molecule has 0 radical (unpaired) electrons. The Morgan fingerprint density at radius 2 is 1.84 bits per heavy atom. The van der Waals surface area contributed by atoms with Crippen LogP contribution in [0.1, 0.15) is 54.1 Å². The Balaban J connectivity index is 1.61. The lowest BCUT2D eigenvalue weighted by atomic mass is 10.00. The molecule has 2 aromatic carbocycles. The Morgan fingerprint density at radius 3 is 2.58 bits per heavy atom. The van der Waals surface area contributed by atoms with Gasteiger partial charge in [-0.1, -0.05) is 31.0 Å². The number of methoxy groups -OCH3 is 1. The van der Waals surface area contributed by atoms with Crippen LogP contribution in [0.2, 0.25) is 0 Å². The molecule has 0 saturated carbocycles. The first-order valence-corrected chi connectivity index (χ1v) is 12.2. The van der Waals surface area contributed by atoms with Crippen LogP contribution in [0.15, 0.2) is 47.4 Å². The largest absolute Gasteiger partial charge is 0.495 e. The van der Waals surface area contributed by atoms with E-state index in [4.69, 9.17) is 9.47 Å². The third-order valence-corrected chi connectivity index (χ3v) is 7.79. The fraction of sp³-hybridized carbons (Fsp3) is 0.435. The van der Waals surface area contributed by atoms with Crippen molar-refractivity contribution in [3.05, 3.63) is 53.6 Å². The molecule has 1 fully saturated rings. The number of fused-ring (bicyclic) bond motifs is 1. The van der Waals surface area contributed by atoms with E-state index in [-0.39, 0.29) is 28.2 Å². The number of rotatable bonds is 5. The molecule has 2 heterocycles. The Hall–Kier alpha value is -2.58. The number of para-hydroxylation sites is 1. The fourth-order valence-corrected chi connectivity index (χ4v) is 5.87. The SMILES string of the molecule is COc1ccc(C(=O)N[C@H]2CCOc3ccccc32)cc1S(=O)(=O)N1CCCCCC1. The molecule has 0 unspecified atom stereocenters. The summed E-state index contributed by atoms with van der Waals surface area (Å²) in [6.45, 7) is 1.49. The van der Waals surface area contributed by atoms with Gasteiger partial charge in [-0.25, -0.2) is 8.42 Å². The summed E-state index contributed by atoms with van der Waals surface area (Å²) in [7, 11) is -2.32. The van der Waals surface area contributed by atoms with Gasteiger partial charge in [0.05, 0.1) is 19.8 Å². The van der Waals surface area contributed by atoms with Crippen molar-refractivity contribution in [2.75, 3.05) is 26.8 Å². The van der Waals surface area contributed by atoms with Crippen molar-refractivity contribution in [2.24, 2.45) is 0 Å². The first kappa shape index (κ1) is 21.6. The van der Waals surface area contributed by atoms with E-state index in [1.54, 1.807) is 12.1 Å². The van der Waals surface area contributed by atoms with Crippen LogP contribution >= 0.6 is 0 Å². The van der Waals surface area contributed by atoms with Gasteiger partial charge in [-0.15, -0.1) is 0 Å². The second kappa shape index (κ2) is 9.28. The van der Waals surface area contributed by atoms with Crippen molar-refractivity contribution in [2.45, 2.75) is 43.0 Å². The summed E-state index contributed by atoms with van der Waals surface area (Å²) >= 11 is 0. The average Bonchev–Trinajstić information content (AvgIpc) is 3.09. The van der Waals surface area contributed by atoms with Gasteiger partial charge in [-0.3, -0.25) is 4.79 Å². The Labute approximate surface area is 183 Å². The molecule has 166 valence electrons. The number of nitrogens with zero attached hydrogens (tertiary/aromatic N) is 1. The number of carbonyl (C=O) groups is 1. The summed E-state index contributed by atoms with van der Waals surface area (Å²) in [6.07, 6.45) is 4.38. The predicted octanol–water partition coefficient (Wildman–Crippen LogP) is 3.51. The second-order valence-corrected chi connectivity index (χ2v) is 9.79. The standard InChI is InChI=1S/C23H28N2O5S/c1-29-21-11-10-17(16-22(21)31(27,28)25-13-6-2-3-7-14-25)23(26)24-19-12-15-30-20-9-5-4-8-18(19)20/h4-5,8-11,16,19H,2-3,6-7,12-15H2,1H3,(H,24,26)/t19-/m0/s1. The lowest BCUT2D eigenvalue weighted by Crippen LogP contribution is -2.33. The van der Waals surface area contributed by atoms with Gasteiger partial charge in [0.25, 0.3) is 5.91 Å². The molecule has 1 atom stereocenters. The highest BCUT2D eigenvalue weighted by Crippen LogP contribution is 2.33. The van der Waals surface area contributed by atoms with E-state index in [1.807, 2.05) is 24.3 Å². The minimum atomic E-state index is -3.76. The third-order valence-electron chi connectivity index (χ3n) is 5.87. The number of hydrogen-bond acceptors (Lipinski definition) is 5. The highest BCUT2D eigenvalue weighted by Gasteiger charge is 2.30. The molecule has 31 heavy (non-hydrogen) atoms. The number of ether oxygens (including phenoxy) is 2. The zero-order chi connectivity index (χ0) is 21.8. The van der Waals surface area contributed by atoms with Crippen LogP contribution < -0.4 is 14.8 Å². The van der Waals surface area contributed by atoms with E-state index in [0.717, 1.165) is 37.0 Å². The third kappa shape index (κ3) is 4.55. The van der Waals surface area contributed by atoms with E-state index in [0.29, 0.717) is 26.1 Å². The van der Waals surface area contributed by atoms with Gasteiger partial charge in [-0.2, -0.15) is 4.31 Å². The maximum absolute atomic E-state index is 13.3. The monoisotopic (exact) mass is 444 g/mol. The van der Waals surface area contributed by atoms with Crippen molar-refractivity contribution in [1.82, 2.24) is 9.62 Å². The number of sulfonamides is 1. The molecule has 1 saturated heterocycles. The smallest absolute Gasteiger partial charge is 0.251 e. The summed E-state index contributed by atoms with van der Waals surface area (Å²) in [5, 5.41) is 3.03. The van der Waals surface area contributed by atoms with Gasteiger partial charge >= 0.3 is 0 Å². The molecule has 0 spiro atoms. The minimum absolute atomic E-state index is 0.0388. The number of benzene rings is 2. The highest BCUT2D eigenvalue weighted by molar-refractivity contribution is 7.89. The van der Waals surface area contributed by atoms with Crippen LogP contribution in [0.5, 0.6) is 11.5 Å². The van der Waals surface area contributed by atoms with E-state index in [9.17, 15) is 13.2 Å². The Bertz CT molecular complexity index is 1050. The van der Waals surface area contributed by atoms with Crippen LogP contribution in [0.4, 0.5) is 0 Å². The highest BCUT2D eigenvalue weighted by atomic mass is 32.2. The maximum Gasteiger partial charge on any atom is 0.251 e. The molecule has 0 aliphatic carbocycles. The quantitative estimate of drug-likeness (QED) is 0.763. The molecule has 1 amide bonds. The normalized spacial score (nSPS) is 19.6. The van der Waals surface area contributed by atoms with Crippen LogP contribution in [-0.4, -0.2) is 45.4 Å². The molecule has 1 N–H and O–H groups in total. The van der Waals surface area contributed by atoms with Gasteiger partial charge < -0.3 is 14.8 Å². The van der Waals surface area contributed by atoms with Gasteiger partial charge in [-0.05, 0) is 37.1 Å². The lowest BCUT2D eigenvalue weighted by molar-refractivity contribution is 0.0924. The second-order valence-electron chi connectivity index (χ2n) is 7.88. The number of nitrogens with one attached hydrogen (secondary N) is 1. The molecule has 2 aliphatic heterocycles. The summed E-state index contributed by atoms with van der Waals surface area (Å²) in [6, 6.07) is 12.0. The Kier molecular flexibility index (Phi) is 6.48. The molecule has 8 heteroatoms. The van der Waals surface area contributed by atoms with Crippen LogP contribution in [-0.2, 0) is 10.0 Å². The summed E-state index contributed by atoms with van der Waals surface area (Å²) < 4.78 is 39.2. The molecular weight excluding hydrogens is 416 g/mol. The van der Waals surface area contributed by atoms with Gasteiger partial charge in [0.2, 0.25) is 10.0 Å². The summed E-state index contributed by atoms with van der Waals surface area (Å²) in [5.74, 6) is 0.687. The van der Waals surface area contributed by atoms with E-state index < -0.39 is 10.0 Å². The predicted molar refractivity (Wildman–Crippen MR) is 117 cm³/mol. The lowest BCUT2D eigenvalue weighted by Gasteiger charge is -2.27. The van der Waals surface area contributed by atoms with Crippen LogP contribution in [0.25, 0.3) is 0 Å². The van der Waals surface area contributed by atoms with E-state index in [1.165, 1.54) is 17.5 Å². The topological polar surface area (TPSA) is 84.9 Å². The Morgan fingerprint density at radius 1 is 1.10 bits per heavy atom. The number of carbonyl (C=O) groups excluding carboxylic acids is 1. The molecule has 2 aromatic rings. The van der Waals surface area contributed by atoms with Gasteiger partial charge in [0.1, 0.15) is 16.4 Å². The number of amides is 1. The molecule has 2 aliphatic rings. The van der Waals surface area contributed by atoms with Crippen molar-refractivity contribution in [3.8, 4) is 11.5 Å². The molecule has 0 aromatic heterocycles.